The van der Waals surface area contributed by atoms with Crippen LogP contribution >= 0.6 is 11.3 Å². The number of fused-ring (bicyclic) bond motifs is 2. The second-order valence-electron chi connectivity index (χ2n) is 8.53. The Morgan fingerprint density at radius 2 is 2.07 bits per heavy atom. The van der Waals surface area contributed by atoms with Gasteiger partial charge < -0.3 is 10.4 Å². The van der Waals surface area contributed by atoms with Crippen molar-refractivity contribution >= 4 is 23.4 Å². The fourth-order valence-electron chi connectivity index (χ4n) is 4.48. The second-order valence-corrected chi connectivity index (χ2v) is 9.63. The molecule has 0 amide bonds. The highest BCUT2D eigenvalue weighted by atomic mass is 32.1. The molecule has 0 unspecified atom stereocenters. The van der Waals surface area contributed by atoms with Crippen molar-refractivity contribution in [2.24, 2.45) is 5.41 Å². The van der Waals surface area contributed by atoms with E-state index in [1.807, 2.05) is 7.05 Å². The number of thiophene rings is 1. The van der Waals surface area contributed by atoms with Crippen LogP contribution in [0.5, 0.6) is 0 Å². The van der Waals surface area contributed by atoms with Crippen molar-refractivity contribution < 1.29 is 9.90 Å². The quantitative estimate of drug-likeness (QED) is 0.755. The van der Waals surface area contributed by atoms with Gasteiger partial charge in [0.05, 0.1) is 5.56 Å². The van der Waals surface area contributed by atoms with E-state index in [9.17, 15) is 9.90 Å². The van der Waals surface area contributed by atoms with Gasteiger partial charge in [0.25, 0.3) is 0 Å². The SMILES string of the molecule is CNCc1cc(-c2sc3c(c2C(=O)O)CC(C)(C)CC3)cc2c1CCC=C2. The highest BCUT2D eigenvalue weighted by Gasteiger charge is 2.33. The normalized spacial score (nSPS) is 17.4. The van der Waals surface area contributed by atoms with Crippen LogP contribution in [0, 0.1) is 5.41 Å². The Labute approximate surface area is 165 Å². The van der Waals surface area contributed by atoms with Gasteiger partial charge in [0, 0.05) is 16.3 Å². The lowest BCUT2D eigenvalue weighted by atomic mass is 9.76. The van der Waals surface area contributed by atoms with Crippen LogP contribution < -0.4 is 5.32 Å². The van der Waals surface area contributed by atoms with Crippen LogP contribution in [0.4, 0.5) is 0 Å². The molecule has 0 fully saturated rings. The van der Waals surface area contributed by atoms with Crippen molar-refractivity contribution in [2.45, 2.75) is 52.5 Å². The summed E-state index contributed by atoms with van der Waals surface area (Å²) in [6, 6.07) is 4.41. The molecule has 0 spiro atoms. The summed E-state index contributed by atoms with van der Waals surface area (Å²) < 4.78 is 0. The van der Waals surface area contributed by atoms with Gasteiger partial charge >= 0.3 is 5.97 Å². The molecule has 0 saturated carbocycles. The first-order valence-electron chi connectivity index (χ1n) is 9.75. The minimum absolute atomic E-state index is 0.172. The van der Waals surface area contributed by atoms with Gasteiger partial charge in [-0.1, -0.05) is 26.0 Å². The van der Waals surface area contributed by atoms with Crippen LogP contribution in [0.3, 0.4) is 0 Å². The molecule has 2 aliphatic rings. The molecule has 0 bridgehead atoms. The molecule has 2 N–H and O–H groups in total. The number of nitrogens with one attached hydrogen (secondary N) is 1. The Morgan fingerprint density at radius 1 is 1.26 bits per heavy atom. The van der Waals surface area contributed by atoms with Crippen molar-refractivity contribution in [1.29, 1.82) is 0 Å². The Morgan fingerprint density at radius 3 is 2.81 bits per heavy atom. The third-order valence-electron chi connectivity index (χ3n) is 5.85. The maximum absolute atomic E-state index is 12.2. The monoisotopic (exact) mass is 381 g/mol. The van der Waals surface area contributed by atoms with Gasteiger partial charge in [0.15, 0.2) is 0 Å². The van der Waals surface area contributed by atoms with Gasteiger partial charge in [-0.2, -0.15) is 0 Å². The Bertz CT molecular complexity index is 936. The van der Waals surface area contributed by atoms with Gasteiger partial charge in [-0.3, -0.25) is 0 Å². The maximum atomic E-state index is 12.2. The topological polar surface area (TPSA) is 49.3 Å². The van der Waals surface area contributed by atoms with E-state index in [4.69, 9.17) is 0 Å². The molecule has 3 nitrogen and oxygen atoms in total. The molecule has 4 heteroatoms. The molecule has 1 aromatic carbocycles. The molecule has 0 aliphatic heterocycles. The fraction of sp³-hybridized carbons (Fsp3) is 0.435. The van der Waals surface area contributed by atoms with E-state index in [-0.39, 0.29) is 5.41 Å². The van der Waals surface area contributed by atoms with Crippen molar-refractivity contribution in [3.05, 3.63) is 50.9 Å². The van der Waals surface area contributed by atoms with Crippen molar-refractivity contribution in [1.82, 2.24) is 5.32 Å². The molecule has 2 aromatic rings. The molecule has 27 heavy (non-hydrogen) atoms. The number of benzene rings is 1. The average molecular weight is 382 g/mol. The van der Waals surface area contributed by atoms with Crippen LogP contribution in [0.25, 0.3) is 16.5 Å². The summed E-state index contributed by atoms with van der Waals surface area (Å²) in [7, 11) is 1.96. The zero-order valence-electron chi connectivity index (χ0n) is 16.3. The smallest absolute Gasteiger partial charge is 0.337 e. The highest BCUT2D eigenvalue weighted by molar-refractivity contribution is 7.16. The largest absolute Gasteiger partial charge is 0.478 e. The lowest BCUT2D eigenvalue weighted by Crippen LogP contribution is -2.22. The van der Waals surface area contributed by atoms with E-state index >= 15 is 0 Å². The van der Waals surface area contributed by atoms with E-state index in [0.29, 0.717) is 5.56 Å². The summed E-state index contributed by atoms with van der Waals surface area (Å²) in [6.07, 6.45) is 9.51. The predicted octanol–water partition coefficient (Wildman–Crippen LogP) is 5.31. The van der Waals surface area contributed by atoms with E-state index in [2.05, 4.69) is 43.4 Å². The number of rotatable bonds is 4. The first kappa shape index (κ1) is 18.5. The third-order valence-corrected chi connectivity index (χ3v) is 7.19. The molecular weight excluding hydrogens is 354 g/mol. The van der Waals surface area contributed by atoms with Crippen LogP contribution in [-0.4, -0.2) is 18.1 Å². The van der Waals surface area contributed by atoms with Gasteiger partial charge in [0.1, 0.15) is 0 Å². The summed E-state index contributed by atoms with van der Waals surface area (Å²) in [5.74, 6) is -0.788. The fourth-order valence-corrected chi connectivity index (χ4v) is 5.77. The number of hydrogen-bond acceptors (Lipinski definition) is 3. The minimum Gasteiger partial charge on any atom is -0.478 e. The number of carboxylic acid groups (broad SMARTS) is 1. The van der Waals surface area contributed by atoms with E-state index in [0.717, 1.165) is 54.7 Å². The van der Waals surface area contributed by atoms with Crippen molar-refractivity contribution in [3.63, 3.8) is 0 Å². The van der Waals surface area contributed by atoms with Gasteiger partial charge in [-0.25, -0.2) is 4.79 Å². The van der Waals surface area contributed by atoms with E-state index in [1.54, 1.807) is 11.3 Å². The first-order chi connectivity index (χ1) is 12.9. The van der Waals surface area contributed by atoms with Crippen molar-refractivity contribution in [2.75, 3.05) is 7.05 Å². The zero-order valence-corrected chi connectivity index (χ0v) is 17.1. The number of carboxylic acids is 1. The zero-order chi connectivity index (χ0) is 19.2. The Balaban J connectivity index is 1.90. The molecule has 1 heterocycles. The summed E-state index contributed by atoms with van der Waals surface area (Å²) in [5.41, 5.74) is 6.77. The predicted molar refractivity (Wildman–Crippen MR) is 113 cm³/mol. The van der Waals surface area contributed by atoms with Crippen LogP contribution in [-0.2, 0) is 25.8 Å². The van der Waals surface area contributed by atoms with E-state index in [1.165, 1.54) is 21.6 Å². The number of aromatic carboxylic acids is 1. The lowest BCUT2D eigenvalue weighted by Gasteiger charge is -2.29. The molecule has 0 saturated heterocycles. The molecular formula is C23H27NO2S. The highest BCUT2D eigenvalue weighted by Crippen LogP contribution is 2.45. The minimum atomic E-state index is -0.788. The summed E-state index contributed by atoms with van der Waals surface area (Å²) in [4.78, 5) is 14.4. The molecule has 142 valence electrons. The lowest BCUT2D eigenvalue weighted by molar-refractivity contribution is 0.0696. The van der Waals surface area contributed by atoms with Crippen LogP contribution in [0.15, 0.2) is 18.2 Å². The summed E-state index contributed by atoms with van der Waals surface area (Å²) >= 11 is 1.70. The molecule has 2 aliphatic carbocycles. The maximum Gasteiger partial charge on any atom is 0.337 e. The van der Waals surface area contributed by atoms with Crippen LogP contribution in [0.1, 0.15) is 64.2 Å². The van der Waals surface area contributed by atoms with Gasteiger partial charge in [-0.05, 0) is 84.5 Å². The molecule has 0 atom stereocenters. The molecule has 1 aromatic heterocycles. The van der Waals surface area contributed by atoms with Gasteiger partial charge in [-0.15, -0.1) is 11.3 Å². The van der Waals surface area contributed by atoms with E-state index < -0.39 is 5.97 Å². The third kappa shape index (κ3) is 3.37. The Kier molecular flexibility index (Phi) is 4.73. The molecule has 4 rings (SSSR count). The van der Waals surface area contributed by atoms with Crippen molar-refractivity contribution in [3.8, 4) is 10.4 Å². The average Bonchev–Trinajstić information content (AvgIpc) is 2.99. The number of hydrogen-bond donors (Lipinski definition) is 2. The summed E-state index contributed by atoms with van der Waals surface area (Å²) in [6.45, 7) is 5.30. The number of carbonyl (C=O) groups is 1. The standard InChI is InChI=1S/C23H27NO2S/c1-23(2)9-8-19-18(12-23)20(22(25)26)21(27-19)15-10-14-6-4-5-7-17(14)16(11-15)13-24-3/h4,6,10-11,24H,5,7-9,12-13H2,1-3H3,(H,25,26). The second kappa shape index (κ2) is 6.92. The van der Waals surface area contributed by atoms with Crippen LogP contribution in [0.2, 0.25) is 0 Å². The van der Waals surface area contributed by atoms with Gasteiger partial charge in [0.2, 0.25) is 0 Å². The number of aryl methyl sites for hydroxylation is 1. The number of allylic oxidation sites excluding steroid dienone is 1. The molecule has 0 radical (unpaired) electrons. The first-order valence-corrected chi connectivity index (χ1v) is 10.6. The summed E-state index contributed by atoms with van der Waals surface area (Å²) in [5, 5.41) is 13.3. The Hall–Kier alpha value is -1.91.